The maximum Gasteiger partial charge on any atom is 0.253 e. The minimum absolute atomic E-state index is 0.0707. The topological polar surface area (TPSA) is 66.9 Å². The number of rotatable bonds is 2. The van der Waals surface area contributed by atoms with Crippen LogP contribution in [0.2, 0.25) is 0 Å². The lowest BCUT2D eigenvalue weighted by atomic mass is 10.1. The Morgan fingerprint density at radius 2 is 2.47 bits per heavy atom. The number of hydrogen-bond acceptors (Lipinski definition) is 4. The molecule has 1 fully saturated rings. The van der Waals surface area contributed by atoms with E-state index in [9.17, 15) is 4.79 Å². The summed E-state index contributed by atoms with van der Waals surface area (Å²) in [6.07, 6.45) is 5.15. The highest BCUT2D eigenvalue weighted by atomic mass is 16.1. The molecule has 1 aliphatic rings. The normalized spacial score (nSPS) is 20.9. The first kappa shape index (κ1) is 10.0. The molecule has 0 saturated carbocycles. The molecule has 1 aromatic heterocycles. The Balaban J connectivity index is 1.91. The van der Waals surface area contributed by atoms with E-state index in [1.807, 2.05) is 0 Å². The summed E-state index contributed by atoms with van der Waals surface area (Å²) in [7, 11) is 0. The lowest BCUT2D eigenvalue weighted by Gasteiger charge is -2.23. The molecule has 0 aliphatic carbocycles. The third kappa shape index (κ3) is 2.73. The molecule has 1 aliphatic heterocycles. The quantitative estimate of drug-likeness (QED) is 0.712. The van der Waals surface area contributed by atoms with Crippen molar-refractivity contribution in [1.29, 1.82) is 0 Å². The molecule has 0 spiro atoms. The number of hydrogen-bond donors (Lipinski definition) is 2. The zero-order valence-electron chi connectivity index (χ0n) is 8.44. The van der Waals surface area contributed by atoms with Crippen LogP contribution in [0.5, 0.6) is 0 Å². The van der Waals surface area contributed by atoms with Crippen LogP contribution < -0.4 is 10.6 Å². The van der Waals surface area contributed by atoms with Gasteiger partial charge in [-0.25, -0.2) is 0 Å². The molecule has 2 heterocycles. The maximum absolute atomic E-state index is 11.7. The third-order valence-corrected chi connectivity index (χ3v) is 2.48. The number of nitrogens with zero attached hydrogens (tertiary/aromatic N) is 2. The van der Waals surface area contributed by atoms with Gasteiger partial charge in [-0.2, -0.15) is 10.2 Å². The molecule has 2 rings (SSSR count). The minimum atomic E-state index is -0.0707. The number of carbonyl (C=O) groups excluding carboxylic acids is 1. The standard InChI is InChI=1S/C10H14N4O/c15-10(8-3-5-12-13-6-8)14-9-2-1-4-11-7-9/h3,5-6,9,11H,1-2,4,7H2,(H,14,15)/t9-/m0/s1. The van der Waals surface area contributed by atoms with Crippen LogP contribution in [0.4, 0.5) is 0 Å². The summed E-state index contributed by atoms with van der Waals surface area (Å²) in [5.41, 5.74) is 0.565. The van der Waals surface area contributed by atoms with Gasteiger partial charge in [0.05, 0.1) is 18.0 Å². The molecule has 0 aromatic carbocycles. The van der Waals surface area contributed by atoms with Gasteiger partial charge in [0.2, 0.25) is 0 Å². The van der Waals surface area contributed by atoms with Crippen LogP contribution in [-0.2, 0) is 0 Å². The van der Waals surface area contributed by atoms with Gasteiger partial charge in [0.1, 0.15) is 0 Å². The molecule has 1 aromatic rings. The smallest absolute Gasteiger partial charge is 0.253 e. The third-order valence-electron chi connectivity index (χ3n) is 2.48. The Labute approximate surface area is 88.3 Å². The second-order valence-corrected chi connectivity index (χ2v) is 3.65. The lowest BCUT2D eigenvalue weighted by molar-refractivity contribution is 0.0930. The van der Waals surface area contributed by atoms with Crippen molar-refractivity contribution in [2.45, 2.75) is 18.9 Å². The van der Waals surface area contributed by atoms with Crippen molar-refractivity contribution in [3.05, 3.63) is 24.0 Å². The summed E-state index contributed by atoms with van der Waals surface area (Å²) < 4.78 is 0. The Morgan fingerprint density at radius 3 is 3.13 bits per heavy atom. The van der Waals surface area contributed by atoms with E-state index in [1.54, 1.807) is 6.07 Å². The van der Waals surface area contributed by atoms with Gasteiger partial charge in [-0.15, -0.1) is 0 Å². The van der Waals surface area contributed by atoms with Gasteiger partial charge in [0.25, 0.3) is 5.91 Å². The monoisotopic (exact) mass is 206 g/mol. The van der Waals surface area contributed by atoms with Crippen molar-refractivity contribution < 1.29 is 4.79 Å². The molecular weight excluding hydrogens is 192 g/mol. The van der Waals surface area contributed by atoms with E-state index in [4.69, 9.17) is 0 Å². The molecule has 0 bridgehead atoms. The van der Waals surface area contributed by atoms with Gasteiger partial charge in [0.15, 0.2) is 0 Å². The second kappa shape index (κ2) is 4.84. The van der Waals surface area contributed by atoms with Gasteiger partial charge in [-0.05, 0) is 25.5 Å². The summed E-state index contributed by atoms with van der Waals surface area (Å²) in [6.45, 7) is 1.90. The number of piperidine rings is 1. The van der Waals surface area contributed by atoms with Crippen LogP contribution in [0, 0.1) is 0 Å². The predicted molar refractivity (Wildman–Crippen MR) is 55.4 cm³/mol. The molecule has 80 valence electrons. The van der Waals surface area contributed by atoms with Gasteiger partial charge in [0, 0.05) is 12.6 Å². The molecule has 0 radical (unpaired) electrons. The summed E-state index contributed by atoms with van der Waals surface area (Å²) in [5, 5.41) is 13.5. The molecule has 1 amide bonds. The fourth-order valence-corrected chi connectivity index (χ4v) is 1.67. The average Bonchev–Trinajstić information content (AvgIpc) is 2.31. The fraction of sp³-hybridized carbons (Fsp3) is 0.500. The first-order valence-electron chi connectivity index (χ1n) is 5.14. The zero-order valence-corrected chi connectivity index (χ0v) is 8.44. The largest absolute Gasteiger partial charge is 0.348 e. The van der Waals surface area contributed by atoms with Gasteiger partial charge >= 0.3 is 0 Å². The van der Waals surface area contributed by atoms with E-state index < -0.39 is 0 Å². The maximum atomic E-state index is 11.7. The first-order valence-corrected chi connectivity index (χ1v) is 5.14. The average molecular weight is 206 g/mol. The minimum Gasteiger partial charge on any atom is -0.348 e. The molecule has 0 unspecified atom stereocenters. The molecule has 5 nitrogen and oxygen atoms in total. The van der Waals surface area contributed by atoms with Gasteiger partial charge in [-0.3, -0.25) is 4.79 Å². The Bertz CT molecular complexity index is 321. The highest BCUT2D eigenvalue weighted by Crippen LogP contribution is 2.03. The fourth-order valence-electron chi connectivity index (χ4n) is 1.67. The number of carbonyl (C=O) groups is 1. The molecule has 15 heavy (non-hydrogen) atoms. The number of amides is 1. The SMILES string of the molecule is O=C(N[C@H]1CCCNC1)c1ccnnc1. The zero-order chi connectivity index (χ0) is 10.5. The second-order valence-electron chi connectivity index (χ2n) is 3.65. The van der Waals surface area contributed by atoms with Crippen LogP contribution in [0.15, 0.2) is 18.5 Å². The van der Waals surface area contributed by atoms with E-state index in [-0.39, 0.29) is 11.9 Å². The molecule has 5 heteroatoms. The predicted octanol–water partition coefficient (Wildman–Crippen LogP) is -0.0416. The van der Waals surface area contributed by atoms with Crippen LogP contribution in [-0.4, -0.2) is 35.2 Å². The van der Waals surface area contributed by atoms with Crippen molar-refractivity contribution in [1.82, 2.24) is 20.8 Å². The van der Waals surface area contributed by atoms with Crippen molar-refractivity contribution >= 4 is 5.91 Å². The van der Waals surface area contributed by atoms with Crippen molar-refractivity contribution in [2.24, 2.45) is 0 Å². The molecular formula is C10H14N4O. The lowest BCUT2D eigenvalue weighted by Crippen LogP contribution is -2.45. The Hall–Kier alpha value is -1.49. The number of aromatic nitrogens is 2. The summed E-state index contributed by atoms with van der Waals surface area (Å²) in [4.78, 5) is 11.7. The van der Waals surface area contributed by atoms with Gasteiger partial charge in [-0.1, -0.05) is 0 Å². The van der Waals surface area contributed by atoms with E-state index in [1.165, 1.54) is 12.4 Å². The Morgan fingerprint density at radius 1 is 1.53 bits per heavy atom. The molecule has 1 atom stereocenters. The summed E-state index contributed by atoms with van der Waals surface area (Å²) in [6, 6.07) is 1.90. The van der Waals surface area contributed by atoms with E-state index in [0.717, 1.165) is 25.9 Å². The van der Waals surface area contributed by atoms with Crippen molar-refractivity contribution in [3.8, 4) is 0 Å². The van der Waals surface area contributed by atoms with Crippen LogP contribution in [0.1, 0.15) is 23.2 Å². The van der Waals surface area contributed by atoms with Crippen molar-refractivity contribution in [2.75, 3.05) is 13.1 Å². The number of nitrogens with one attached hydrogen (secondary N) is 2. The highest BCUT2D eigenvalue weighted by Gasteiger charge is 2.15. The molecule has 2 N–H and O–H groups in total. The van der Waals surface area contributed by atoms with Crippen LogP contribution in [0.3, 0.4) is 0 Å². The van der Waals surface area contributed by atoms with E-state index in [0.29, 0.717) is 5.56 Å². The first-order chi connectivity index (χ1) is 7.36. The Kier molecular flexibility index (Phi) is 3.24. The van der Waals surface area contributed by atoms with Gasteiger partial charge < -0.3 is 10.6 Å². The molecule has 1 saturated heterocycles. The van der Waals surface area contributed by atoms with Crippen LogP contribution in [0.25, 0.3) is 0 Å². The van der Waals surface area contributed by atoms with Crippen molar-refractivity contribution in [3.63, 3.8) is 0 Å². The van der Waals surface area contributed by atoms with E-state index >= 15 is 0 Å². The summed E-state index contributed by atoms with van der Waals surface area (Å²) in [5.74, 6) is -0.0707. The summed E-state index contributed by atoms with van der Waals surface area (Å²) >= 11 is 0. The highest BCUT2D eigenvalue weighted by molar-refractivity contribution is 5.93. The van der Waals surface area contributed by atoms with E-state index in [2.05, 4.69) is 20.8 Å². The van der Waals surface area contributed by atoms with Crippen LogP contribution >= 0.6 is 0 Å².